The summed E-state index contributed by atoms with van der Waals surface area (Å²) in [5, 5.41) is 11.6. The lowest BCUT2D eigenvalue weighted by molar-refractivity contribution is 0.157. The van der Waals surface area contributed by atoms with Crippen LogP contribution in [0.4, 0.5) is 0 Å². The predicted molar refractivity (Wildman–Crippen MR) is 69.2 cm³/mol. The lowest BCUT2D eigenvalue weighted by Gasteiger charge is -2.15. The number of methoxy groups -OCH3 is 1. The van der Waals surface area contributed by atoms with E-state index in [2.05, 4.69) is 10.0 Å². The van der Waals surface area contributed by atoms with E-state index in [1.165, 1.54) is 13.2 Å². The van der Waals surface area contributed by atoms with Crippen molar-refractivity contribution in [2.75, 3.05) is 27.4 Å². The van der Waals surface area contributed by atoms with Gasteiger partial charge in [0.15, 0.2) is 0 Å². The van der Waals surface area contributed by atoms with Crippen molar-refractivity contribution < 1.29 is 22.7 Å². The molecule has 1 unspecified atom stereocenters. The van der Waals surface area contributed by atoms with Crippen LogP contribution in [0.5, 0.6) is 0 Å². The molecule has 19 heavy (non-hydrogen) atoms. The zero-order valence-electron chi connectivity index (χ0n) is 11.0. The van der Waals surface area contributed by atoms with Gasteiger partial charge in [-0.15, -0.1) is 0 Å². The Balaban J connectivity index is 2.77. The van der Waals surface area contributed by atoms with Crippen LogP contribution in [0, 0.1) is 0 Å². The average Bonchev–Trinajstić information content (AvgIpc) is 2.79. The third kappa shape index (κ3) is 4.92. The first-order valence-electron chi connectivity index (χ1n) is 5.89. The van der Waals surface area contributed by atoms with E-state index < -0.39 is 16.1 Å². The fourth-order valence-electron chi connectivity index (χ4n) is 1.58. The van der Waals surface area contributed by atoms with Gasteiger partial charge in [0.1, 0.15) is 5.76 Å². The largest absolute Gasteiger partial charge is 0.447 e. The van der Waals surface area contributed by atoms with Crippen LogP contribution in [0.3, 0.4) is 0 Å². The molecule has 110 valence electrons. The zero-order valence-corrected chi connectivity index (χ0v) is 11.9. The summed E-state index contributed by atoms with van der Waals surface area (Å²) in [5.41, 5.74) is 0. The summed E-state index contributed by atoms with van der Waals surface area (Å²) in [7, 11) is -0.527. The van der Waals surface area contributed by atoms with Gasteiger partial charge in [0.25, 0.3) is 10.0 Å². The van der Waals surface area contributed by atoms with E-state index >= 15 is 0 Å². The van der Waals surface area contributed by atoms with Crippen LogP contribution < -0.4 is 10.0 Å². The maximum absolute atomic E-state index is 12.0. The van der Waals surface area contributed by atoms with Crippen LogP contribution >= 0.6 is 0 Å². The second-order valence-corrected chi connectivity index (χ2v) is 5.68. The minimum atomic E-state index is -3.74. The van der Waals surface area contributed by atoms with Crippen LogP contribution in [0.1, 0.15) is 12.2 Å². The molecule has 1 rings (SSSR count). The van der Waals surface area contributed by atoms with Crippen LogP contribution in [0.25, 0.3) is 0 Å². The molecular weight excluding hydrogens is 272 g/mol. The third-order valence-electron chi connectivity index (χ3n) is 2.42. The van der Waals surface area contributed by atoms with Gasteiger partial charge in [0.2, 0.25) is 5.09 Å². The van der Waals surface area contributed by atoms with Gasteiger partial charge in [-0.2, -0.15) is 0 Å². The summed E-state index contributed by atoms with van der Waals surface area (Å²) < 4.78 is 36.7. The van der Waals surface area contributed by atoms with Gasteiger partial charge in [-0.1, -0.05) is 0 Å². The lowest BCUT2D eigenvalue weighted by atomic mass is 10.2. The number of aliphatic hydroxyl groups excluding tert-OH is 1. The Bertz CT molecular complexity index is 465. The lowest BCUT2D eigenvalue weighted by Crippen LogP contribution is -2.38. The second-order valence-electron chi connectivity index (χ2n) is 4.04. The van der Waals surface area contributed by atoms with Crippen molar-refractivity contribution in [3.63, 3.8) is 0 Å². The molecule has 3 N–H and O–H groups in total. The third-order valence-corrected chi connectivity index (χ3v) is 3.81. The molecule has 1 heterocycles. The van der Waals surface area contributed by atoms with Gasteiger partial charge in [-0.05, 0) is 25.6 Å². The number of sulfonamides is 1. The number of ether oxygens (including phenoxy) is 1. The van der Waals surface area contributed by atoms with E-state index in [4.69, 9.17) is 14.3 Å². The summed E-state index contributed by atoms with van der Waals surface area (Å²) >= 11 is 0. The fourth-order valence-corrected chi connectivity index (χ4v) is 2.79. The summed E-state index contributed by atoms with van der Waals surface area (Å²) in [5.74, 6) is 0.535. The molecular formula is C11H20N2O5S. The van der Waals surface area contributed by atoms with Crippen molar-refractivity contribution in [2.24, 2.45) is 0 Å². The first kappa shape index (κ1) is 16.1. The maximum atomic E-state index is 12.0. The number of furan rings is 1. The second kappa shape index (κ2) is 7.61. The average molecular weight is 292 g/mol. The number of hydrogen-bond donors (Lipinski definition) is 3. The maximum Gasteiger partial charge on any atom is 0.274 e. The Labute approximate surface area is 113 Å². The summed E-state index contributed by atoms with van der Waals surface area (Å²) in [6, 6.07) is 2.51. The molecule has 0 aliphatic carbocycles. The van der Waals surface area contributed by atoms with Crippen LogP contribution in [0.15, 0.2) is 21.6 Å². The van der Waals surface area contributed by atoms with Crippen molar-refractivity contribution in [1.82, 2.24) is 10.0 Å². The molecule has 0 spiro atoms. The van der Waals surface area contributed by atoms with E-state index in [0.29, 0.717) is 12.3 Å². The standard InChI is InChI=1S/C11H20N2O5S/c1-12-7-10-3-4-11(18-10)19(15,16)13-9(5-6-14)8-17-2/h3-4,9,12-14H,5-8H2,1-2H3. The highest BCUT2D eigenvalue weighted by atomic mass is 32.2. The van der Waals surface area contributed by atoms with Crippen molar-refractivity contribution in [2.45, 2.75) is 24.1 Å². The zero-order chi connectivity index (χ0) is 14.3. The molecule has 0 amide bonds. The molecule has 0 aromatic carbocycles. The van der Waals surface area contributed by atoms with Gasteiger partial charge in [0.05, 0.1) is 13.2 Å². The molecule has 1 aromatic heterocycles. The Kier molecular flexibility index (Phi) is 6.46. The Morgan fingerprint density at radius 1 is 1.47 bits per heavy atom. The van der Waals surface area contributed by atoms with E-state index in [1.54, 1.807) is 13.1 Å². The Morgan fingerprint density at radius 2 is 2.21 bits per heavy atom. The van der Waals surface area contributed by atoms with Gasteiger partial charge < -0.3 is 19.6 Å². The van der Waals surface area contributed by atoms with Crippen molar-refractivity contribution >= 4 is 10.0 Å². The molecule has 0 radical (unpaired) electrons. The van der Waals surface area contributed by atoms with Crippen LogP contribution in [-0.2, 0) is 21.3 Å². The minimum Gasteiger partial charge on any atom is -0.447 e. The molecule has 0 saturated heterocycles. The number of rotatable bonds is 9. The number of aliphatic hydroxyl groups is 1. The van der Waals surface area contributed by atoms with Crippen molar-refractivity contribution in [3.05, 3.63) is 17.9 Å². The molecule has 0 aliphatic heterocycles. The number of nitrogens with one attached hydrogen (secondary N) is 2. The van der Waals surface area contributed by atoms with Crippen LogP contribution in [0.2, 0.25) is 0 Å². The number of hydrogen-bond acceptors (Lipinski definition) is 6. The molecule has 0 bridgehead atoms. The SMILES string of the molecule is CNCc1ccc(S(=O)(=O)NC(CCO)COC)o1. The van der Waals surface area contributed by atoms with Gasteiger partial charge >= 0.3 is 0 Å². The molecule has 0 fully saturated rings. The molecule has 8 heteroatoms. The summed E-state index contributed by atoms with van der Waals surface area (Å²) in [6.45, 7) is 0.511. The highest BCUT2D eigenvalue weighted by Crippen LogP contribution is 2.14. The molecule has 7 nitrogen and oxygen atoms in total. The smallest absolute Gasteiger partial charge is 0.274 e. The Hall–Kier alpha value is -0.930. The first-order chi connectivity index (χ1) is 9.03. The predicted octanol–water partition coefficient (Wildman–Crippen LogP) is -0.325. The molecule has 1 aromatic rings. The van der Waals surface area contributed by atoms with Gasteiger partial charge in [0, 0.05) is 19.8 Å². The fraction of sp³-hybridized carbons (Fsp3) is 0.636. The topological polar surface area (TPSA) is 101 Å². The summed E-state index contributed by atoms with van der Waals surface area (Å²) in [6.07, 6.45) is 0.275. The van der Waals surface area contributed by atoms with E-state index in [0.717, 1.165) is 0 Å². The highest BCUT2D eigenvalue weighted by molar-refractivity contribution is 7.89. The molecule has 1 atom stereocenters. The first-order valence-corrected chi connectivity index (χ1v) is 7.37. The Morgan fingerprint density at radius 3 is 2.79 bits per heavy atom. The minimum absolute atomic E-state index is 0.125. The molecule has 0 aliphatic rings. The normalized spacial score (nSPS) is 13.6. The van der Waals surface area contributed by atoms with E-state index in [1.807, 2.05) is 0 Å². The van der Waals surface area contributed by atoms with E-state index in [9.17, 15) is 8.42 Å². The quantitative estimate of drug-likeness (QED) is 0.576. The monoisotopic (exact) mass is 292 g/mol. The van der Waals surface area contributed by atoms with Gasteiger partial charge in [-0.25, -0.2) is 13.1 Å². The van der Waals surface area contributed by atoms with Crippen LogP contribution in [-0.4, -0.2) is 46.9 Å². The molecule has 0 saturated carbocycles. The van der Waals surface area contributed by atoms with Gasteiger partial charge in [-0.3, -0.25) is 0 Å². The van der Waals surface area contributed by atoms with Crippen molar-refractivity contribution in [3.8, 4) is 0 Å². The van der Waals surface area contributed by atoms with E-state index in [-0.39, 0.29) is 24.7 Å². The summed E-state index contributed by atoms with van der Waals surface area (Å²) in [4.78, 5) is 0. The highest BCUT2D eigenvalue weighted by Gasteiger charge is 2.23. The van der Waals surface area contributed by atoms with Crippen molar-refractivity contribution in [1.29, 1.82) is 0 Å².